The summed E-state index contributed by atoms with van der Waals surface area (Å²) in [7, 11) is 0. The number of nitrogens with one attached hydrogen (secondary N) is 1. The first-order valence-corrected chi connectivity index (χ1v) is 9.92. The maximum atomic E-state index is 6.10. The van der Waals surface area contributed by atoms with Gasteiger partial charge >= 0.3 is 0 Å². The van der Waals surface area contributed by atoms with E-state index < -0.39 is 3.79 Å². The molecule has 1 saturated heterocycles. The summed E-state index contributed by atoms with van der Waals surface area (Å²) in [4.78, 5) is 15.7. The van der Waals surface area contributed by atoms with Gasteiger partial charge in [-0.25, -0.2) is 4.98 Å². The number of benzene rings is 2. The van der Waals surface area contributed by atoms with Crippen LogP contribution in [-0.2, 0) is 3.79 Å². The molecule has 0 atom stereocenters. The number of alkyl halides is 3. The predicted molar refractivity (Wildman–Crippen MR) is 112 cm³/mol. The lowest BCUT2D eigenvalue weighted by atomic mass is 10.1. The molecule has 1 aliphatic heterocycles. The van der Waals surface area contributed by atoms with Crippen LogP contribution in [0.3, 0.4) is 0 Å². The summed E-state index contributed by atoms with van der Waals surface area (Å²) in [5.41, 5.74) is 0.862. The molecule has 0 bridgehead atoms. The van der Waals surface area contributed by atoms with E-state index in [4.69, 9.17) is 34.8 Å². The molecule has 5 nitrogen and oxygen atoms in total. The van der Waals surface area contributed by atoms with Gasteiger partial charge in [-0.1, -0.05) is 71.2 Å². The summed E-state index contributed by atoms with van der Waals surface area (Å²) >= 11 is 18.3. The Morgan fingerprint density at radius 1 is 0.889 bits per heavy atom. The molecule has 4 rings (SSSR count). The maximum absolute atomic E-state index is 6.10. The molecule has 8 heteroatoms. The highest BCUT2D eigenvalue weighted by molar-refractivity contribution is 6.66. The molecule has 2 heterocycles. The molecule has 3 aromatic rings. The van der Waals surface area contributed by atoms with Crippen molar-refractivity contribution in [2.75, 3.05) is 31.1 Å². The second-order valence-corrected chi connectivity index (χ2v) is 8.71. The third kappa shape index (κ3) is 4.27. The Morgan fingerprint density at radius 3 is 2.52 bits per heavy atom. The molecule has 27 heavy (non-hydrogen) atoms. The molecule has 0 amide bonds. The molecule has 1 N–H and O–H groups in total. The van der Waals surface area contributed by atoms with Crippen LogP contribution in [0.2, 0.25) is 0 Å². The Balaban J connectivity index is 1.81. The minimum absolute atomic E-state index is 0.137. The van der Waals surface area contributed by atoms with E-state index in [0.29, 0.717) is 11.8 Å². The van der Waals surface area contributed by atoms with Crippen LogP contribution < -0.4 is 10.2 Å². The van der Waals surface area contributed by atoms with Gasteiger partial charge in [0.1, 0.15) is 0 Å². The summed E-state index contributed by atoms with van der Waals surface area (Å²) in [6.07, 6.45) is 1.00. The number of fused-ring (bicyclic) bond motifs is 1. The van der Waals surface area contributed by atoms with Crippen LogP contribution >= 0.6 is 34.8 Å². The molecular weight excluding hydrogens is 405 g/mol. The Hall–Kier alpha value is -1.66. The van der Waals surface area contributed by atoms with E-state index in [1.54, 1.807) is 0 Å². The monoisotopic (exact) mass is 421 g/mol. The van der Waals surface area contributed by atoms with Crippen LogP contribution in [0.4, 0.5) is 5.95 Å². The Bertz CT molecular complexity index is 949. The van der Waals surface area contributed by atoms with Crippen LogP contribution in [-0.4, -0.2) is 41.1 Å². The molecule has 0 unspecified atom stereocenters. The van der Waals surface area contributed by atoms with Crippen LogP contribution in [0.25, 0.3) is 22.2 Å². The third-order valence-electron chi connectivity index (χ3n) is 4.51. The minimum Gasteiger partial charge on any atom is -0.339 e. The van der Waals surface area contributed by atoms with E-state index in [2.05, 4.69) is 37.3 Å². The standard InChI is InChI=1S/C19H18Cl3N5/c20-19(21,22)17-24-16(15-7-6-13-4-1-2-5-14(13)12-15)25-18(26-17)27-10-3-8-23-9-11-27/h1-2,4-7,12,23H,3,8-11H2. The minimum atomic E-state index is -1.71. The van der Waals surface area contributed by atoms with Gasteiger partial charge in [0.15, 0.2) is 11.6 Å². The van der Waals surface area contributed by atoms with Gasteiger partial charge in [0.05, 0.1) is 0 Å². The van der Waals surface area contributed by atoms with Crippen molar-refractivity contribution in [3.63, 3.8) is 0 Å². The van der Waals surface area contributed by atoms with Gasteiger partial charge in [0.2, 0.25) is 9.74 Å². The first-order valence-electron chi connectivity index (χ1n) is 8.79. The molecule has 1 fully saturated rings. The number of aromatic nitrogens is 3. The van der Waals surface area contributed by atoms with Gasteiger partial charge in [-0.2, -0.15) is 9.97 Å². The highest BCUT2D eigenvalue weighted by atomic mass is 35.6. The summed E-state index contributed by atoms with van der Waals surface area (Å²) in [6.45, 7) is 3.46. The van der Waals surface area contributed by atoms with Crippen molar-refractivity contribution >= 4 is 51.5 Å². The highest BCUT2D eigenvalue weighted by Crippen LogP contribution is 2.37. The number of anilines is 1. The largest absolute Gasteiger partial charge is 0.339 e. The highest BCUT2D eigenvalue weighted by Gasteiger charge is 2.29. The van der Waals surface area contributed by atoms with Crippen molar-refractivity contribution in [3.8, 4) is 11.4 Å². The van der Waals surface area contributed by atoms with Crippen LogP contribution in [0, 0.1) is 0 Å². The number of halogens is 3. The Kier molecular flexibility index (Phi) is 5.37. The normalized spacial score (nSPS) is 15.7. The van der Waals surface area contributed by atoms with Crippen LogP contribution in [0.1, 0.15) is 12.2 Å². The van der Waals surface area contributed by atoms with Gasteiger partial charge in [0.25, 0.3) is 0 Å². The van der Waals surface area contributed by atoms with Gasteiger partial charge in [-0.05, 0) is 29.8 Å². The predicted octanol–water partition coefficient (Wildman–Crippen LogP) is 4.32. The molecule has 0 spiro atoms. The van der Waals surface area contributed by atoms with Gasteiger partial charge in [-0.15, -0.1) is 0 Å². The van der Waals surface area contributed by atoms with Gasteiger partial charge in [0, 0.05) is 25.2 Å². The zero-order valence-corrected chi connectivity index (χ0v) is 16.8. The lowest BCUT2D eigenvalue weighted by molar-refractivity contribution is 0.724. The van der Waals surface area contributed by atoms with E-state index in [0.717, 1.165) is 48.9 Å². The van der Waals surface area contributed by atoms with Gasteiger partial charge < -0.3 is 10.2 Å². The van der Waals surface area contributed by atoms with Crippen molar-refractivity contribution in [3.05, 3.63) is 48.3 Å². The summed E-state index contributed by atoms with van der Waals surface area (Å²) in [5, 5.41) is 5.62. The topological polar surface area (TPSA) is 53.9 Å². The lowest BCUT2D eigenvalue weighted by Gasteiger charge is -2.22. The molecule has 0 saturated carbocycles. The van der Waals surface area contributed by atoms with E-state index in [-0.39, 0.29) is 5.82 Å². The molecule has 140 valence electrons. The number of rotatable bonds is 2. The lowest BCUT2D eigenvalue weighted by Crippen LogP contribution is -2.30. The summed E-state index contributed by atoms with van der Waals surface area (Å²) in [5.74, 6) is 1.18. The van der Waals surface area contributed by atoms with Gasteiger partial charge in [-0.3, -0.25) is 0 Å². The van der Waals surface area contributed by atoms with E-state index in [1.807, 2.05) is 30.3 Å². The molecular formula is C19H18Cl3N5. The Labute approximate surface area is 172 Å². The van der Waals surface area contributed by atoms with Crippen LogP contribution in [0.5, 0.6) is 0 Å². The maximum Gasteiger partial charge on any atom is 0.250 e. The second-order valence-electron chi connectivity index (χ2n) is 6.43. The average Bonchev–Trinajstić information content (AvgIpc) is 2.96. The number of hydrogen-bond donors (Lipinski definition) is 1. The van der Waals surface area contributed by atoms with Crippen molar-refractivity contribution < 1.29 is 0 Å². The van der Waals surface area contributed by atoms with E-state index in [1.165, 1.54) is 0 Å². The SMILES string of the molecule is ClC(Cl)(Cl)c1nc(-c2ccc3ccccc3c2)nc(N2CCCNCC2)n1. The van der Waals surface area contributed by atoms with Crippen molar-refractivity contribution in [2.45, 2.75) is 10.2 Å². The third-order valence-corrected chi connectivity index (χ3v) is 5.01. The van der Waals surface area contributed by atoms with Crippen molar-refractivity contribution in [2.24, 2.45) is 0 Å². The number of nitrogens with zero attached hydrogens (tertiary/aromatic N) is 4. The van der Waals surface area contributed by atoms with Crippen molar-refractivity contribution in [1.82, 2.24) is 20.3 Å². The molecule has 1 aliphatic rings. The number of hydrogen-bond acceptors (Lipinski definition) is 5. The smallest absolute Gasteiger partial charge is 0.250 e. The molecule has 2 aromatic carbocycles. The molecule has 0 aliphatic carbocycles. The first-order chi connectivity index (χ1) is 13.0. The second kappa shape index (κ2) is 7.76. The van der Waals surface area contributed by atoms with E-state index in [9.17, 15) is 0 Å². The fraction of sp³-hybridized carbons (Fsp3) is 0.316. The Morgan fingerprint density at radius 2 is 1.70 bits per heavy atom. The van der Waals surface area contributed by atoms with Crippen molar-refractivity contribution in [1.29, 1.82) is 0 Å². The quantitative estimate of drug-likeness (QED) is 0.623. The molecule has 1 aromatic heterocycles. The summed E-state index contributed by atoms with van der Waals surface area (Å²) < 4.78 is -1.71. The molecule has 0 radical (unpaired) electrons. The van der Waals surface area contributed by atoms with E-state index >= 15 is 0 Å². The average molecular weight is 423 g/mol. The first kappa shape index (κ1) is 18.7. The zero-order chi connectivity index (χ0) is 18.9. The fourth-order valence-electron chi connectivity index (χ4n) is 3.14. The zero-order valence-electron chi connectivity index (χ0n) is 14.5. The van der Waals surface area contributed by atoms with Crippen LogP contribution in [0.15, 0.2) is 42.5 Å². The fourth-order valence-corrected chi connectivity index (χ4v) is 3.39. The summed E-state index contributed by atoms with van der Waals surface area (Å²) in [6, 6.07) is 14.2.